The number of allylic oxidation sites excluding steroid dienone is 1. The molecule has 0 bridgehead atoms. The number of benzene rings is 1. The highest BCUT2D eigenvalue weighted by molar-refractivity contribution is 6.04. The molecule has 152 valence electrons. The van der Waals surface area contributed by atoms with Crippen LogP contribution in [0.1, 0.15) is 47.0 Å². The average Bonchev–Trinajstić information content (AvgIpc) is 3.39. The zero-order valence-corrected chi connectivity index (χ0v) is 16.9. The van der Waals surface area contributed by atoms with Gasteiger partial charge >= 0.3 is 6.09 Å². The van der Waals surface area contributed by atoms with Crippen molar-refractivity contribution in [1.29, 1.82) is 0 Å². The van der Waals surface area contributed by atoms with Gasteiger partial charge in [0.15, 0.2) is 0 Å². The second-order valence-corrected chi connectivity index (χ2v) is 7.92. The molecule has 0 spiro atoms. The van der Waals surface area contributed by atoms with E-state index in [1.165, 1.54) is 0 Å². The van der Waals surface area contributed by atoms with Crippen LogP contribution in [0.4, 0.5) is 16.2 Å². The van der Waals surface area contributed by atoms with Crippen molar-refractivity contribution in [2.24, 2.45) is 5.92 Å². The summed E-state index contributed by atoms with van der Waals surface area (Å²) in [6.07, 6.45) is 3.41. The first-order valence-electron chi connectivity index (χ1n) is 9.49. The van der Waals surface area contributed by atoms with Crippen molar-refractivity contribution in [3.8, 4) is 0 Å². The molecule has 7 nitrogen and oxygen atoms in total. The van der Waals surface area contributed by atoms with Crippen LogP contribution in [0.25, 0.3) is 0 Å². The van der Waals surface area contributed by atoms with Crippen LogP contribution in [-0.2, 0) is 14.3 Å². The number of carbonyl (C=O) groups is 3. The van der Waals surface area contributed by atoms with Gasteiger partial charge in [-0.15, -0.1) is 0 Å². The first-order valence-corrected chi connectivity index (χ1v) is 9.49. The van der Waals surface area contributed by atoms with E-state index in [1.807, 2.05) is 6.92 Å². The van der Waals surface area contributed by atoms with Crippen molar-refractivity contribution < 1.29 is 19.1 Å². The quantitative estimate of drug-likeness (QED) is 0.620. The Morgan fingerprint density at radius 1 is 1.11 bits per heavy atom. The summed E-state index contributed by atoms with van der Waals surface area (Å²) in [6, 6.07) is 7.00. The minimum Gasteiger partial charge on any atom is -0.444 e. The Morgan fingerprint density at radius 2 is 1.71 bits per heavy atom. The van der Waals surface area contributed by atoms with Gasteiger partial charge in [0.05, 0.1) is 11.4 Å². The molecule has 3 amide bonds. The summed E-state index contributed by atoms with van der Waals surface area (Å²) >= 11 is 0. The number of hydrogen-bond acceptors (Lipinski definition) is 4. The van der Waals surface area contributed by atoms with Crippen molar-refractivity contribution in [1.82, 2.24) is 5.32 Å². The maximum atomic E-state index is 12.2. The topological polar surface area (TPSA) is 96.5 Å². The van der Waals surface area contributed by atoms with Crippen molar-refractivity contribution in [2.45, 2.75) is 52.6 Å². The number of para-hydroxylation sites is 2. The van der Waals surface area contributed by atoms with Crippen LogP contribution in [0.2, 0.25) is 0 Å². The number of anilines is 2. The smallest absolute Gasteiger partial charge is 0.407 e. The molecule has 0 aromatic heterocycles. The van der Waals surface area contributed by atoms with E-state index in [-0.39, 0.29) is 24.8 Å². The summed E-state index contributed by atoms with van der Waals surface area (Å²) in [6.45, 7) is 7.42. The fourth-order valence-corrected chi connectivity index (χ4v) is 2.54. The number of rotatable bonds is 7. The van der Waals surface area contributed by atoms with E-state index in [0.717, 1.165) is 18.4 Å². The molecule has 0 saturated heterocycles. The van der Waals surface area contributed by atoms with E-state index in [4.69, 9.17) is 4.74 Å². The van der Waals surface area contributed by atoms with Crippen molar-refractivity contribution in [2.75, 3.05) is 17.2 Å². The second-order valence-electron chi connectivity index (χ2n) is 7.92. The number of amides is 3. The predicted molar refractivity (Wildman–Crippen MR) is 109 cm³/mol. The van der Waals surface area contributed by atoms with Crippen LogP contribution in [0.3, 0.4) is 0 Å². The van der Waals surface area contributed by atoms with Crippen LogP contribution in [-0.4, -0.2) is 30.1 Å². The summed E-state index contributed by atoms with van der Waals surface area (Å²) in [5.41, 5.74) is 1.53. The summed E-state index contributed by atoms with van der Waals surface area (Å²) in [7, 11) is 0. The Morgan fingerprint density at radius 3 is 2.29 bits per heavy atom. The van der Waals surface area contributed by atoms with Crippen molar-refractivity contribution in [3.63, 3.8) is 0 Å². The van der Waals surface area contributed by atoms with Gasteiger partial charge in [-0.05, 0) is 58.6 Å². The lowest BCUT2D eigenvalue weighted by Gasteiger charge is -2.19. The Hall–Kier alpha value is -2.83. The number of ether oxygens (including phenoxy) is 1. The van der Waals surface area contributed by atoms with Gasteiger partial charge in [0.2, 0.25) is 11.8 Å². The zero-order chi connectivity index (χ0) is 20.7. The fourth-order valence-electron chi connectivity index (χ4n) is 2.54. The molecule has 7 heteroatoms. The molecule has 1 aliphatic rings. The molecule has 1 saturated carbocycles. The Balaban J connectivity index is 1.84. The van der Waals surface area contributed by atoms with Crippen LogP contribution < -0.4 is 16.0 Å². The number of alkyl carbamates (subject to hydrolysis) is 1. The van der Waals surface area contributed by atoms with E-state index < -0.39 is 11.7 Å². The lowest BCUT2D eigenvalue weighted by molar-refractivity contribution is -0.116. The number of hydrogen-bond donors (Lipinski definition) is 3. The Kier molecular flexibility index (Phi) is 7.20. The van der Waals surface area contributed by atoms with Gasteiger partial charge in [0, 0.05) is 19.0 Å². The molecule has 0 aliphatic heterocycles. The molecule has 0 heterocycles. The third-order valence-corrected chi connectivity index (χ3v) is 4.06. The average molecular weight is 387 g/mol. The summed E-state index contributed by atoms with van der Waals surface area (Å²) in [5.74, 6) is 0.0401. The highest BCUT2D eigenvalue weighted by atomic mass is 16.6. The van der Waals surface area contributed by atoms with Gasteiger partial charge in [-0.25, -0.2) is 4.79 Å². The molecular formula is C21H29N3O4. The van der Waals surface area contributed by atoms with Gasteiger partial charge in [-0.3, -0.25) is 9.59 Å². The van der Waals surface area contributed by atoms with E-state index in [9.17, 15) is 14.4 Å². The molecule has 0 atom stereocenters. The molecule has 2 rings (SSSR count). The van der Waals surface area contributed by atoms with E-state index in [2.05, 4.69) is 16.0 Å². The lowest BCUT2D eigenvalue weighted by Crippen LogP contribution is -2.34. The third-order valence-electron chi connectivity index (χ3n) is 4.06. The van der Waals surface area contributed by atoms with Gasteiger partial charge in [-0.1, -0.05) is 17.7 Å². The zero-order valence-electron chi connectivity index (χ0n) is 16.9. The molecule has 0 radical (unpaired) electrons. The highest BCUT2D eigenvalue weighted by Gasteiger charge is 2.23. The Labute approximate surface area is 165 Å². The Bertz CT molecular complexity index is 761. The maximum absolute atomic E-state index is 12.2. The largest absolute Gasteiger partial charge is 0.444 e. The van der Waals surface area contributed by atoms with E-state index in [1.54, 1.807) is 51.1 Å². The second kappa shape index (κ2) is 9.39. The van der Waals surface area contributed by atoms with Gasteiger partial charge in [-0.2, -0.15) is 0 Å². The molecule has 1 aliphatic carbocycles. The monoisotopic (exact) mass is 387 g/mol. The maximum Gasteiger partial charge on any atom is 0.407 e. The third kappa shape index (κ3) is 7.82. The molecule has 1 aromatic carbocycles. The van der Waals surface area contributed by atoms with E-state index in [0.29, 0.717) is 17.3 Å². The van der Waals surface area contributed by atoms with Crippen LogP contribution in [0, 0.1) is 5.92 Å². The minimum atomic E-state index is -0.588. The molecule has 1 fully saturated rings. The first kappa shape index (κ1) is 21.5. The van der Waals surface area contributed by atoms with Crippen LogP contribution in [0.15, 0.2) is 35.9 Å². The van der Waals surface area contributed by atoms with Gasteiger partial charge < -0.3 is 20.7 Å². The number of carbonyl (C=O) groups excluding carboxylic acids is 3. The molecule has 28 heavy (non-hydrogen) atoms. The van der Waals surface area contributed by atoms with Crippen molar-refractivity contribution >= 4 is 29.3 Å². The van der Waals surface area contributed by atoms with Gasteiger partial charge in [0.25, 0.3) is 0 Å². The van der Waals surface area contributed by atoms with Crippen LogP contribution >= 0.6 is 0 Å². The number of nitrogens with one attached hydrogen (secondary N) is 3. The molecule has 1 aromatic rings. The molecule has 0 unspecified atom stereocenters. The summed E-state index contributed by atoms with van der Waals surface area (Å²) < 4.78 is 5.12. The SMILES string of the molecule is C/C(=C\C(=O)Nc1ccccc1NC(=O)CCNC(=O)OC(C)(C)C)C1CC1. The van der Waals surface area contributed by atoms with Crippen molar-refractivity contribution in [3.05, 3.63) is 35.9 Å². The summed E-state index contributed by atoms with van der Waals surface area (Å²) in [5, 5.41) is 8.11. The molecular weight excluding hydrogens is 358 g/mol. The normalized spacial score (nSPS) is 14.2. The lowest BCUT2D eigenvalue weighted by atomic mass is 10.2. The standard InChI is InChI=1S/C21H29N3O4/c1-14(15-9-10-15)13-19(26)24-17-8-6-5-7-16(17)23-18(25)11-12-22-20(27)28-21(2,3)4/h5-8,13,15H,9-12H2,1-4H3,(H,22,27)(H,23,25)(H,24,26)/b14-13+. The van der Waals surface area contributed by atoms with Gasteiger partial charge in [0.1, 0.15) is 5.60 Å². The van der Waals surface area contributed by atoms with Crippen LogP contribution in [0.5, 0.6) is 0 Å². The highest BCUT2D eigenvalue weighted by Crippen LogP contribution is 2.36. The fraction of sp³-hybridized carbons (Fsp3) is 0.476. The molecule has 3 N–H and O–H groups in total. The van der Waals surface area contributed by atoms with E-state index >= 15 is 0 Å². The minimum absolute atomic E-state index is 0.0855. The predicted octanol–water partition coefficient (Wildman–Crippen LogP) is 3.83. The summed E-state index contributed by atoms with van der Waals surface area (Å²) in [4.78, 5) is 36.0. The first-order chi connectivity index (χ1) is 13.1.